The molecule has 2 unspecified atom stereocenters. The third kappa shape index (κ3) is 2.44. The standard InChI is InChI=1S/C14H14N2O4S/c1-8-9(14(18)19)4-5-16(8)13(17)10-7-11(20-15-10)12-3-2-6-21-12/h2-3,6-9H,4-5H2,1H3,(H,18,19). The van der Waals surface area contributed by atoms with Gasteiger partial charge in [-0.3, -0.25) is 9.59 Å². The van der Waals surface area contributed by atoms with Gasteiger partial charge in [-0.15, -0.1) is 11.3 Å². The summed E-state index contributed by atoms with van der Waals surface area (Å²) in [5.74, 6) is -1.11. The lowest BCUT2D eigenvalue weighted by molar-refractivity contribution is -0.142. The molecule has 2 aromatic rings. The number of nitrogens with zero attached hydrogens (tertiary/aromatic N) is 2. The molecule has 1 fully saturated rings. The van der Waals surface area contributed by atoms with Crippen molar-refractivity contribution in [2.75, 3.05) is 6.54 Å². The first kappa shape index (κ1) is 13.8. The van der Waals surface area contributed by atoms with Gasteiger partial charge in [0.25, 0.3) is 5.91 Å². The van der Waals surface area contributed by atoms with Crippen molar-refractivity contribution in [2.24, 2.45) is 5.92 Å². The van der Waals surface area contributed by atoms with Crippen LogP contribution in [0.5, 0.6) is 0 Å². The molecule has 2 aromatic heterocycles. The van der Waals surface area contributed by atoms with Gasteiger partial charge in [-0.1, -0.05) is 11.2 Å². The molecule has 1 amide bonds. The zero-order valence-corrected chi connectivity index (χ0v) is 12.2. The lowest BCUT2D eigenvalue weighted by atomic mass is 10.0. The minimum atomic E-state index is -0.864. The number of thiophene rings is 1. The molecule has 0 bridgehead atoms. The van der Waals surface area contributed by atoms with Crippen LogP contribution in [0, 0.1) is 5.92 Å². The quantitative estimate of drug-likeness (QED) is 0.941. The Hall–Kier alpha value is -2.15. The van der Waals surface area contributed by atoms with Gasteiger partial charge < -0.3 is 14.5 Å². The van der Waals surface area contributed by atoms with E-state index in [2.05, 4.69) is 5.16 Å². The molecule has 2 atom stereocenters. The summed E-state index contributed by atoms with van der Waals surface area (Å²) in [6.45, 7) is 2.18. The molecule has 1 aliphatic heterocycles. The number of carbonyl (C=O) groups excluding carboxylic acids is 1. The van der Waals surface area contributed by atoms with E-state index in [4.69, 9.17) is 9.63 Å². The van der Waals surface area contributed by atoms with Crippen LogP contribution in [0.25, 0.3) is 10.6 Å². The number of aromatic nitrogens is 1. The van der Waals surface area contributed by atoms with E-state index >= 15 is 0 Å². The Balaban J connectivity index is 1.79. The predicted octanol–water partition coefficient (Wildman–Crippen LogP) is 2.34. The van der Waals surface area contributed by atoms with Crippen LogP contribution in [0.3, 0.4) is 0 Å². The SMILES string of the molecule is CC1C(C(=O)O)CCN1C(=O)c1cc(-c2cccs2)on1. The number of rotatable bonds is 3. The van der Waals surface area contributed by atoms with E-state index in [-0.39, 0.29) is 17.6 Å². The average Bonchev–Trinajstić information content (AvgIpc) is 3.18. The minimum absolute atomic E-state index is 0.219. The van der Waals surface area contributed by atoms with Crippen LogP contribution in [0.15, 0.2) is 28.1 Å². The van der Waals surface area contributed by atoms with Gasteiger partial charge in [0.05, 0.1) is 10.8 Å². The predicted molar refractivity (Wildman–Crippen MR) is 76.1 cm³/mol. The van der Waals surface area contributed by atoms with Gasteiger partial charge in [0.2, 0.25) is 0 Å². The summed E-state index contributed by atoms with van der Waals surface area (Å²) in [5, 5.41) is 14.8. The molecule has 1 saturated heterocycles. The molecule has 1 aliphatic rings. The Bertz CT molecular complexity index is 664. The summed E-state index contributed by atoms with van der Waals surface area (Å²) in [6.07, 6.45) is 0.470. The van der Waals surface area contributed by atoms with Crippen molar-refractivity contribution < 1.29 is 19.2 Å². The molecule has 1 N–H and O–H groups in total. The fourth-order valence-electron chi connectivity index (χ4n) is 2.61. The Morgan fingerprint density at radius 2 is 2.33 bits per heavy atom. The number of amides is 1. The molecule has 3 rings (SSSR count). The maximum atomic E-state index is 12.4. The van der Waals surface area contributed by atoms with E-state index < -0.39 is 11.9 Å². The second-order valence-electron chi connectivity index (χ2n) is 5.03. The summed E-state index contributed by atoms with van der Waals surface area (Å²) in [7, 11) is 0. The van der Waals surface area contributed by atoms with Gasteiger partial charge in [0.1, 0.15) is 0 Å². The first-order chi connectivity index (χ1) is 10.1. The molecule has 3 heterocycles. The number of likely N-dealkylation sites (tertiary alicyclic amines) is 1. The minimum Gasteiger partial charge on any atom is -0.481 e. The summed E-state index contributed by atoms with van der Waals surface area (Å²) < 4.78 is 5.20. The number of carbonyl (C=O) groups is 2. The Labute approximate surface area is 125 Å². The molecule has 0 aliphatic carbocycles. The smallest absolute Gasteiger partial charge is 0.308 e. The number of carboxylic acid groups (broad SMARTS) is 1. The molecule has 0 radical (unpaired) electrons. The van der Waals surface area contributed by atoms with E-state index in [0.717, 1.165) is 4.88 Å². The first-order valence-electron chi connectivity index (χ1n) is 6.62. The zero-order valence-electron chi connectivity index (χ0n) is 11.4. The maximum absolute atomic E-state index is 12.4. The van der Waals surface area contributed by atoms with E-state index in [9.17, 15) is 9.59 Å². The van der Waals surface area contributed by atoms with Crippen molar-refractivity contribution in [3.05, 3.63) is 29.3 Å². The first-order valence-corrected chi connectivity index (χ1v) is 7.50. The van der Waals surface area contributed by atoms with E-state index in [0.29, 0.717) is 18.7 Å². The van der Waals surface area contributed by atoms with Crippen LogP contribution in [0.4, 0.5) is 0 Å². The lowest BCUT2D eigenvalue weighted by Crippen LogP contribution is -2.37. The van der Waals surface area contributed by atoms with Gasteiger partial charge in [-0.05, 0) is 24.8 Å². The summed E-state index contributed by atoms with van der Waals surface area (Å²) in [4.78, 5) is 26.0. The van der Waals surface area contributed by atoms with Crippen molar-refractivity contribution >= 4 is 23.2 Å². The van der Waals surface area contributed by atoms with Crippen molar-refractivity contribution in [3.8, 4) is 10.6 Å². The van der Waals surface area contributed by atoms with E-state index in [1.807, 2.05) is 17.5 Å². The second kappa shape index (κ2) is 5.33. The Morgan fingerprint density at radius 1 is 1.52 bits per heavy atom. The fraction of sp³-hybridized carbons (Fsp3) is 0.357. The molecule has 6 nitrogen and oxygen atoms in total. The normalized spacial score (nSPS) is 21.7. The molecule has 0 spiro atoms. The van der Waals surface area contributed by atoms with E-state index in [1.165, 1.54) is 11.3 Å². The highest BCUT2D eigenvalue weighted by Crippen LogP contribution is 2.28. The van der Waals surface area contributed by atoms with Crippen molar-refractivity contribution in [1.82, 2.24) is 10.1 Å². The zero-order chi connectivity index (χ0) is 15.0. The van der Waals surface area contributed by atoms with Crippen LogP contribution in [0.2, 0.25) is 0 Å². The summed E-state index contributed by atoms with van der Waals surface area (Å²) >= 11 is 1.50. The highest BCUT2D eigenvalue weighted by atomic mass is 32.1. The maximum Gasteiger partial charge on any atom is 0.308 e. The summed E-state index contributed by atoms with van der Waals surface area (Å²) in [6, 6.07) is 5.05. The van der Waals surface area contributed by atoms with Crippen molar-refractivity contribution in [1.29, 1.82) is 0 Å². The molecule has 7 heteroatoms. The van der Waals surface area contributed by atoms with Crippen molar-refractivity contribution in [3.63, 3.8) is 0 Å². The van der Waals surface area contributed by atoms with Crippen LogP contribution < -0.4 is 0 Å². The Morgan fingerprint density at radius 3 is 2.95 bits per heavy atom. The number of carboxylic acids is 1. The molecule has 0 saturated carbocycles. The van der Waals surface area contributed by atoms with Crippen LogP contribution in [-0.4, -0.2) is 39.6 Å². The molecule has 21 heavy (non-hydrogen) atoms. The highest BCUT2D eigenvalue weighted by Gasteiger charge is 2.39. The highest BCUT2D eigenvalue weighted by molar-refractivity contribution is 7.13. The topological polar surface area (TPSA) is 83.6 Å². The van der Waals surface area contributed by atoms with Gasteiger partial charge in [0.15, 0.2) is 11.5 Å². The molecular weight excluding hydrogens is 292 g/mol. The monoisotopic (exact) mass is 306 g/mol. The lowest BCUT2D eigenvalue weighted by Gasteiger charge is -2.21. The largest absolute Gasteiger partial charge is 0.481 e. The van der Waals surface area contributed by atoms with Crippen LogP contribution >= 0.6 is 11.3 Å². The van der Waals surface area contributed by atoms with E-state index in [1.54, 1.807) is 17.9 Å². The molecular formula is C14H14N2O4S. The number of hydrogen-bond acceptors (Lipinski definition) is 5. The average molecular weight is 306 g/mol. The van der Waals surface area contributed by atoms with Gasteiger partial charge in [0, 0.05) is 18.7 Å². The third-order valence-corrected chi connectivity index (χ3v) is 4.71. The number of aliphatic carboxylic acids is 1. The second-order valence-corrected chi connectivity index (χ2v) is 5.97. The van der Waals surface area contributed by atoms with Crippen LogP contribution in [-0.2, 0) is 4.79 Å². The fourth-order valence-corrected chi connectivity index (χ4v) is 3.29. The molecule has 110 valence electrons. The summed E-state index contributed by atoms with van der Waals surface area (Å²) in [5.41, 5.74) is 0.219. The van der Waals surface area contributed by atoms with Gasteiger partial charge >= 0.3 is 5.97 Å². The third-order valence-electron chi connectivity index (χ3n) is 3.83. The van der Waals surface area contributed by atoms with Crippen LogP contribution in [0.1, 0.15) is 23.8 Å². The Kier molecular flexibility index (Phi) is 3.50. The van der Waals surface area contributed by atoms with Crippen molar-refractivity contribution in [2.45, 2.75) is 19.4 Å². The van der Waals surface area contributed by atoms with Gasteiger partial charge in [-0.25, -0.2) is 0 Å². The number of hydrogen-bond donors (Lipinski definition) is 1. The van der Waals surface area contributed by atoms with Gasteiger partial charge in [-0.2, -0.15) is 0 Å². The molecule has 0 aromatic carbocycles.